The van der Waals surface area contributed by atoms with Crippen LogP contribution in [0.4, 0.5) is 13.2 Å². The van der Waals surface area contributed by atoms with E-state index in [4.69, 9.17) is 5.73 Å². The predicted octanol–water partition coefficient (Wildman–Crippen LogP) is 1.52. The molecule has 1 saturated carbocycles. The Hall–Kier alpha value is -0.780. The van der Waals surface area contributed by atoms with Gasteiger partial charge in [-0.15, -0.1) is 0 Å². The topological polar surface area (TPSA) is 46.3 Å². The van der Waals surface area contributed by atoms with Gasteiger partial charge in [0.2, 0.25) is 5.91 Å². The van der Waals surface area contributed by atoms with Gasteiger partial charge in [0.15, 0.2) is 0 Å². The average molecular weight is 250 g/mol. The summed E-state index contributed by atoms with van der Waals surface area (Å²) in [5.41, 5.74) is 5.83. The van der Waals surface area contributed by atoms with Gasteiger partial charge >= 0.3 is 6.18 Å². The quantitative estimate of drug-likeness (QED) is 0.767. The van der Waals surface area contributed by atoms with Gasteiger partial charge in [0, 0.05) is 19.1 Å². The number of hydrogen-bond donors (Lipinski definition) is 1. The molecule has 2 N–H and O–H groups in total. The highest BCUT2D eigenvalue weighted by atomic mass is 19.4. The van der Waals surface area contributed by atoms with Gasteiger partial charge in [-0.2, -0.15) is 13.2 Å². The molecule has 0 aromatic rings. The average Bonchev–Trinajstić information content (AvgIpc) is 2.57. The Morgan fingerprint density at radius 2 is 1.88 bits per heavy atom. The summed E-state index contributed by atoms with van der Waals surface area (Å²) in [6.07, 6.45) is -3.05. The fourth-order valence-electron chi connectivity index (χ4n) is 2.95. The number of fused-ring (bicyclic) bond motifs is 1. The summed E-state index contributed by atoms with van der Waals surface area (Å²) in [6.45, 7) is 0.930. The zero-order valence-electron chi connectivity index (χ0n) is 9.54. The first-order chi connectivity index (χ1) is 7.85. The van der Waals surface area contributed by atoms with Crippen molar-refractivity contribution in [2.45, 2.75) is 37.9 Å². The summed E-state index contributed by atoms with van der Waals surface area (Å²) in [5.74, 6) is -0.136. The van der Waals surface area contributed by atoms with Crippen LogP contribution in [0, 0.1) is 11.8 Å². The summed E-state index contributed by atoms with van der Waals surface area (Å²) in [5, 5.41) is 0. The first kappa shape index (κ1) is 12.7. The van der Waals surface area contributed by atoms with Crippen molar-refractivity contribution in [3.63, 3.8) is 0 Å². The van der Waals surface area contributed by atoms with E-state index in [0.29, 0.717) is 24.9 Å². The van der Waals surface area contributed by atoms with Crippen molar-refractivity contribution < 1.29 is 18.0 Å². The van der Waals surface area contributed by atoms with Crippen LogP contribution in [0.3, 0.4) is 0 Å². The maximum absolute atomic E-state index is 12.1. The molecule has 3 atom stereocenters. The van der Waals surface area contributed by atoms with Crippen LogP contribution in [0.1, 0.15) is 25.7 Å². The Kier molecular flexibility index (Phi) is 3.34. The third kappa shape index (κ3) is 3.12. The number of likely N-dealkylation sites (tertiary alicyclic amines) is 1. The minimum Gasteiger partial charge on any atom is -0.342 e. The number of halogens is 3. The number of nitrogens with two attached hydrogens (primary N) is 1. The number of amides is 1. The van der Waals surface area contributed by atoms with Crippen LogP contribution in [-0.2, 0) is 4.79 Å². The Balaban J connectivity index is 1.91. The molecule has 2 fully saturated rings. The lowest BCUT2D eigenvalue weighted by molar-refractivity contribution is -0.160. The molecular weight excluding hydrogens is 233 g/mol. The van der Waals surface area contributed by atoms with Crippen molar-refractivity contribution in [1.82, 2.24) is 4.90 Å². The fourth-order valence-corrected chi connectivity index (χ4v) is 2.95. The summed E-state index contributed by atoms with van der Waals surface area (Å²) in [6, 6.07) is 0.147. The first-order valence-corrected chi connectivity index (χ1v) is 5.95. The van der Waals surface area contributed by atoms with E-state index in [0.717, 1.165) is 19.3 Å². The predicted molar refractivity (Wildman–Crippen MR) is 56.1 cm³/mol. The second kappa shape index (κ2) is 4.48. The van der Waals surface area contributed by atoms with E-state index in [2.05, 4.69) is 0 Å². The first-order valence-electron chi connectivity index (χ1n) is 5.95. The van der Waals surface area contributed by atoms with Crippen molar-refractivity contribution in [2.24, 2.45) is 17.6 Å². The lowest BCUT2D eigenvalue weighted by Gasteiger charge is -2.27. The molecule has 0 aromatic heterocycles. The van der Waals surface area contributed by atoms with Crippen LogP contribution in [0.2, 0.25) is 0 Å². The second-order valence-electron chi connectivity index (χ2n) is 5.18. The highest BCUT2D eigenvalue weighted by Crippen LogP contribution is 2.36. The molecule has 98 valence electrons. The number of alkyl halides is 3. The minimum absolute atomic E-state index is 0.147. The van der Waals surface area contributed by atoms with Crippen LogP contribution in [-0.4, -0.2) is 36.1 Å². The van der Waals surface area contributed by atoms with E-state index in [9.17, 15) is 18.0 Å². The molecule has 17 heavy (non-hydrogen) atoms. The van der Waals surface area contributed by atoms with Crippen LogP contribution < -0.4 is 5.73 Å². The number of carbonyl (C=O) groups is 1. The van der Waals surface area contributed by atoms with Crippen LogP contribution in [0.5, 0.6) is 0 Å². The zero-order valence-corrected chi connectivity index (χ0v) is 9.54. The molecule has 1 unspecified atom stereocenters. The molecule has 0 spiro atoms. The van der Waals surface area contributed by atoms with Gasteiger partial charge in [-0.05, 0) is 31.1 Å². The number of hydrogen-bond acceptors (Lipinski definition) is 2. The molecule has 2 rings (SSSR count). The molecule has 0 radical (unpaired) electrons. The standard InChI is InChI=1S/C11H17F3N2O/c12-11(13,14)4-10(17)16-5-7-1-2-9(15)3-8(7)6-16/h7-9H,1-6,15H2/t7-,8+,9?/m1/s1. The van der Waals surface area contributed by atoms with Gasteiger partial charge < -0.3 is 10.6 Å². The molecule has 2 aliphatic rings. The molecule has 1 heterocycles. The van der Waals surface area contributed by atoms with Gasteiger partial charge in [0.25, 0.3) is 0 Å². The monoisotopic (exact) mass is 250 g/mol. The molecule has 1 saturated heterocycles. The SMILES string of the molecule is NC1CC[C@@H]2CN(C(=O)CC(F)(F)F)C[C@@H]2C1. The Morgan fingerprint density at radius 1 is 1.24 bits per heavy atom. The van der Waals surface area contributed by atoms with Crippen LogP contribution in [0.15, 0.2) is 0 Å². The maximum atomic E-state index is 12.1. The van der Waals surface area contributed by atoms with Gasteiger partial charge in [0.1, 0.15) is 6.42 Å². The van der Waals surface area contributed by atoms with Crippen molar-refractivity contribution in [1.29, 1.82) is 0 Å². The lowest BCUT2D eigenvalue weighted by Crippen LogP contribution is -2.33. The van der Waals surface area contributed by atoms with E-state index in [1.54, 1.807) is 0 Å². The Morgan fingerprint density at radius 3 is 2.53 bits per heavy atom. The largest absolute Gasteiger partial charge is 0.397 e. The van der Waals surface area contributed by atoms with Crippen molar-refractivity contribution in [3.8, 4) is 0 Å². The summed E-state index contributed by atoms with van der Waals surface area (Å²) in [7, 11) is 0. The summed E-state index contributed by atoms with van der Waals surface area (Å²) >= 11 is 0. The number of carbonyl (C=O) groups excluding carboxylic acids is 1. The third-order valence-corrected chi connectivity index (χ3v) is 3.79. The lowest BCUT2D eigenvalue weighted by atomic mass is 9.79. The normalized spacial score (nSPS) is 33.6. The molecule has 1 amide bonds. The van der Waals surface area contributed by atoms with Crippen LogP contribution in [0.25, 0.3) is 0 Å². The molecule has 1 aliphatic heterocycles. The number of nitrogens with zero attached hydrogens (tertiary/aromatic N) is 1. The zero-order chi connectivity index (χ0) is 12.6. The molecular formula is C11H17F3N2O. The maximum Gasteiger partial charge on any atom is 0.397 e. The molecule has 6 heteroatoms. The smallest absolute Gasteiger partial charge is 0.342 e. The molecule has 3 nitrogen and oxygen atoms in total. The Labute approximate surface area is 98.1 Å². The third-order valence-electron chi connectivity index (χ3n) is 3.79. The van der Waals surface area contributed by atoms with E-state index >= 15 is 0 Å². The molecule has 0 bridgehead atoms. The van der Waals surface area contributed by atoms with Gasteiger partial charge in [-0.3, -0.25) is 4.79 Å². The Bertz CT molecular complexity index is 306. The van der Waals surface area contributed by atoms with Gasteiger partial charge in [-0.25, -0.2) is 0 Å². The minimum atomic E-state index is -4.40. The van der Waals surface area contributed by atoms with Gasteiger partial charge in [0.05, 0.1) is 0 Å². The number of rotatable bonds is 1. The van der Waals surface area contributed by atoms with Crippen molar-refractivity contribution in [2.75, 3.05) is 13.1 Å². The van der Waals surface area contributed by atoms with Crippen molar-refractivity contribution in [3.05, 3.63) is 0 Å². The van der Waals surface area contributed by atoms with Crippen molar-refractivity contribution >= 4 is 5.91 Å². The van der Waals surface area contributed by atoms with E-state index in [-0.39, 0.29) is 6.04 Å². The highest BCUT2D eigenvalue weighted by molar-refractivity contribution is 5.77. The van der Waals surface area contributed by atoms with Gasteiger partial charge in [-0.1, -0.05) is 0 Å². The van der Waals surface area contributed by atoms with Crippen LogP contribution >= 0.6 is 0 Å². The van der Waals surface area contributed by atoms with E-state index < -0.39 is 18.5 Å². The van der Waals surface area contributed by atoms with E-state index in [1.165, 1.54) is 4.90 Å². The second-order valence-corrected chi connectivity index (χ2v) is 5.18. The fraction of sp³-hybridized carbons (Fsp3) is 0.909. The highest BCUT2D eigenvalue weighted by Gasteiger charge is 2.41. The van der Waals surface area contributed by atoms with E-state index in [1.807, 2.05) is 0 Å². The molecule has 0 aromatic carbocycles. The summed E-state index contributed by atoms with van der Waals surface area (Å²) < 4.78 is 36.4. The molecule has 1 aliphatic carbocycles. The summed E-state index contributed by atoms with van der Waals surface area (Å²) in [4.78, 5) is 12.8.